The van der Waals surface area contributed by atoms with Crippen molar-refractivity contribution in [2.45, 2.75) is 45.3 Å². The molecule has 7 heteroatoms. The van der Waals surface area contributed by atoms with E-state index in [-0.39, 0.29) is 6.42 Å². The highest BCUT2D eigenvalue weighted by Gasteiger charge is 2.51. The fourth-order valence-corrected chi connectivity index (χ4v) is 2.18. The van der Waals surface area contributed by atoms with E-state index < -0.39 is 24.2 Å². The van der Waals surface area contributed by atoms with E-state index in [1.54, 1.807) is 24.3 Å². The molecule has 0 atom stereocenters. The average molecular weight is 311 g/mol. The quantitative estimate of drug-likeness (QED) is 0.857. The van der Waals surface area contributed by atoms with Crippen LogP contribution in [-0.2, 0) is 14.1 Å². The van der Waals surface area contributed by atoms with Crippen LogP contribution in [0.2, 0.25) is 0 Å². The van der Waals surface area contributed by atoms with E-state index in [9.17, 15) is 10.1 Å². The number of carbonyl (C=O) groups excluding carboxylic acids is 1. The lowest BCUT2D eigenvalue weighted by Gasteiger charge is -2.32. The van der Waals surface area contributed by atoms with Crippen molar-refractivity contribution >= 4 is 24.2 Å². The van der Waals surface area contributed by atoms with Crippen LogP contribution in [0.4, 0.5) is 5.69 Å². The molecule has 1 saturated heterocycles. The first-order valence-corrected chi connectivity index (χ1v) is 7.26. The minimum absolute atomic E-state index is 0.247. The number of amides is 1. The van der Waals surface area contributed by atoms with Crippen molar-refractivity contribution in [2.75, 3.05) is 5.32 Å². The smallest absolute Gasteiger partial charge is 0.399 e. The number of nitrogens with one attached hydrogen (secondary N) is 1. The van der Waals surface area contributed by atoms with Gasteiger partial charge >= 0.3 is 7.12 Å². The number of rotatable bonds is 3. The Kier molecular flexibility index (Phi) is 4.47. The Morgan fingerprint density at radius 3 is 2.30 bits per heavy atom. The zero-order valence-electron chi connectivity index (χ0n) is 13.6. The second-order valence-electron chi connectivity index (χ2n) is 6.43. The van der Waals surface area contributed by atoms with E-state index in [4.69, 9.17) is 14.6 Å². The van der Waals surface area contributed by atoms with Crippen LogP contribution >= 0.6 is 0 Å². The van der Waals surface area contributed by atoms with Gasteiger partial charge < -0.3 is 14.6 Å². The number of nitriles is 2. The van der Waals surface area contributed by atoms with Gasteiger partial charge in [-0.25, -0.2) is 0 Å². The number of benzene rings is 1. The Balaban J connectivity index is 2.32. The fraction of sp³-hybridized carbons (Fsp3) is 0.438. The SMILES string of the molecule is CC1(C)OB(c2cc(C#N)cc(NC(=O)CC#N)c2)OC1(C)C. The third-order valence-electron chi connectivity index (χ3n) is 4.13. The van der Waals surface area contributed by atoms with Gasteiger partial charge in [0.05, 0.1) is 28.9 Å². The molecule has 0 radical (unpaired) electrons. The van der Waals surface area contributed by atoms with E-state index in [1.165, 1.54) is 0 Å². The number of hydrogen-bond donors (Lipinski definition) is 1. The largest absolute Gasteiger partial charge is 0.494 e. The first-order chi connectivity index (χ1) is 10.7. The van der Waals surface area contributed by atoms with Gasteiger partial charge in [-0.15, -0.1) is 0 Å². The molecule has 1 aromatic rings. The van der Waals surface area contributed by atoms with Crippen molar-refractivity contribution in [1.29, 1.82) is 10.5 Å². The highest BCUT2D eigenvalue weighted by molar-refractivity contribution is 6.62. The summed E-state index contributed by atoms with van der Waals surface area (Å²) >= 11 is 0. The molecule has 1 amide bonds. The van der Waals surface area contributed by atoms with Gasteiger partial charge in [-0.1, -0.05) is 0 Å². The predicted molar refractivity (Wildman–Crippen MR) is 85.7 cm³/mol. The molecule has 2 rings (SSSR count). The summed E-state index contributed by atoms with van der Waals surface area (Å²) in [7, 11) is -0.625. The Morgan fingerprint density at radius 1 is 1.17 bits per heavy atom. The standard InChI is InChI=1S/C16H18BN3O3/c1-15(2)16(3,4)23-17(22-15)12-7-11(10-19)8-13(9-12)20-14(21)5-6-18/h7-9H,5H2,1-4H3,(H,20,21). The number of carbonyl (C=O) groups is 1. The number of nitrogens with zero attached hydrogens (tertiary/aromatic N) is 2. The van der Waals surface area contributed by atoms with Gasteiger partial charge in [0.1, 0.15) is 6.42 Å². The molecule has 23 heavy (non-hydrogen) atoms. The summed E-state index contributed by atoms with van der Waals surface area (Å²) in [5.41, 5.74) is 0.475. The van der Waals surface area contributed by atoms with Crippen molar-refractivity contribution < 1.29 is 14.1 Å². The van der Waals surface area contributed by atoms with Crippen LogP contribution in [0.25, 0.3) is 0 Å². The Hall–Kier alpha value is -2.35. The molecule has 1 aliphatic heterocycles. The molecule has 0 unspecified atom stereocenters. The van der Waals surface area contributed by atoms with Gasteiger partial charge in [0.25, 0.3) is 0 Å². The zero-order valence-corrected chi connectivity index (χ0v) is 13.6. The molecule has 0 bridgehead atoms. The van der Waals surface area contributed by atoms with Gasteiger partial charge in [-0.3, -0.25) is 4.79 Å². The van der Waals surface area contributed by atoms with Crippen LogP contribution in [0.15, 0.2) is 18.2 Å². The highest BCUT2D eigenvalue weighted by atomic mass is 16.7. The van der Waals surface area contributed by atoms with Crippen molar-refractivity contribution in [3.8, 4) is 12.1 Å². The molecular weight excluding hydrogens is 293 g/mol. The molecule has 0 spiro atoms. The van der Waals surface area contributed by atoms with E-state index >= 15 is 0 Å². The van der Waals surface area contributed by atoms with E-state index in [0.29, 0.717) is 16.7 Å². The number of anilines is 1. The molecule has 0 saturated carbocycles. The molecule has 1 aliphatic rings. The van der Waals surface area contributed by atoms with Gasteiger partial charge in [0.15, 0.2) is 0 Å². The third-order valence-corrected chi connectivity index (χ3v) is 4.13. The van der Waals surface area contributed by atoms with E-state index in [1.807, 2.05) is 27.7 Å². The fourth-order valence-electron chi connectivity index (χ4n) is 2.18. The lowest BCUT2D eigenvalue weighted by Crippen LogP contribution is -2.41. The zero-order chi connectivity index (χ0) is 17.3. The van der Waals surface area contributed by atoms with E-state index in [0.717, 1.165) is 0 Å². The van der Waals surface area contributed by atoms with Crippen molar-refractivity contribution in [3.05, 3.63) is 23.8 Å². The molecule has 1 heterocycles. The topological polar surface area (TPSA) is 95.1 Å². The summed E-state index contributed by atoms with van der Waals surface area (Å²) in [4.78, 5) is 11.6. The molecule has 1 fully saturated rings. The summed E-state index contributed by atoms with van der Waals surface area (Å²) in [5, 5.41) is 20.3. The van der Waals surface area contributed by atoms with Crippen LogP contribution in [0.3, 0.4) is 0 Å². The second kappa shape index (κ2) is 6.04. The molecule has 6 nitrogen and oxygen atoms in total. The van der Waals surface area contributed by atoms with Crippen molar-refractivity contribution in [1.82, 2.24) is 0 Å². The summed E-state index contributed by atoms with van der Waals surface area (Å²) in [6.07, 6.45) is -0.247. The Morgan fingerprint density at radius 2 is 1.78 bits per heavy atom. The lowest BCUT2D eigenvalue weighted by atomic mass is 9.78. The molecule has 1 N–H and O–H groups in total. The summed E-state index contributed by atoms with van der Waals surface area (Å²) < 4.78 is 11.9. The molecule has 1 aromatic carbocycles. The van der Waals surface area contributed by atoms with Crippen molar-refractivity contribution in [2.24, 2.45) is 0 Å². The van der Waals surface area contributed by atoms with E-state index in [2.05, 4.69) is 11.4 Å². The maximum Gasteiger partial charge on any atom is 0.494 e. The first kappa shape index (κ1) is 17.0. The van der Waals surface area contributed by atoms with Crippen LogP contribution in [0, 0.1) is 22.7 Å². The summed E-state index contributed by atoms with van der Waals surface area (Å²) in [5.74, 6) is -0.428. The average Bonchev–Trinajstić information content (AvgIpc) is 2.67. The molecule has 118 valence electrons. The Bertz CT molecular complexity index is 700. The van der Waals surface area contributed by atoms with Gasteiger partial charge in [0.2, 0.25) is 5.91 Å². The van der Waals surface area contributed by atoms with Crippen LogP contribution in [-0.4, -0.2) is 24.2 Å². The second-order valence-corrected chi connectivity index (χ2v) is 6.43. The predicted octanol–water partition coefficient (Wildman–Crippen LogP) is 1.71. The minimum atomic E-state index is -0.625. The molecule has 0 aliphatic carbocycles. The van der Waals surface area contributed by atoms with Gasteiger partial charge in [-0.2, -0.15) is 10.5 Å². The number of hydrogen-bond acceptors (Lipinski definition) is 5. The van der Waals surface area contributed by atoms with Gasteiger partial charge in [0, 0.05) is 5.69 Å². The highest BCUT2D eigenvalue weighted by Crippen LogP contribution is 2.36. The first-order valence-electron chi connectivity index (χ1n) is 7.26. The normalized spacial score (nSPS) is 18.1. The van der Waals surface area contributed by atoms with Crippen LogP contribution in [0.1, 0.15) is 39.7 Å². The van der Waals surface area contributed by atoms with Crippen LogP contribution in [0.5, 0.6) is 0 Å². The van der Waals surface area contributed by atoms with Crippen molar-refractivity contribution in [3.63, 3.8) is 0 Å². The molecular formula is C16H18BN3O3. The minimum Gasteiger partial charge on any atom is -0.399 e. The molecule has 0 aromatic heterocycles. The maximum absolute atomic E-state index is 11.6. The lowest BCUT2D eigenvalue weighted by molar-refractivity contribution is -0.115. The van der Waals surface area contributed by atoms with Gasteiger partial charge in [-0.05, 0) is 51.4 Å². The third kappa shape index (κ3) is 3.53. The Labute approximate surface area is 136 Å². The summed E-state index contributed by atoms with van der Waals surface area (Å²) in [6, 6.07) is 8.74. The van der Waals surface area contributed by atoms with Crippen LogP contribution < -0.4 is 10.8 Å². The maximum atomic E-state index is 11.6. The summed E-state index contributed by atoms with van der Waals surface area (Å²) in [6.45, 7) is 7.76. The monoisotopic (exact) mass is 311 g/mol.